The van der Waals surface area contributed by atoms with Crippen molar-refractivity contribution in [1.29, 1.82) is 0 Å². The first kappa shape index (κ1) is 51.2. The van der Waals surface area contributed by atoms with Gasteiger partial charge >= 0.3 is 0 Å². The zero-order chi connectivity index (χ0) is 58.7. The summed E-state index contributed by atoms with van der Waals surface area (Å²) >= 11 is 0. The molecule has 0 saturated carbocycles. The predicted molar refractivity (Wildman–Crippen MR) is 371 cm³/mol. The lowest BCUT2D eigenvalue weighted by Gasteiger charge is -2.45. The van der Waals surface area contributed by atoms with Crippen LogP contribution in [0.1, 0.15) is 44.5 Å². The topological polar surface area (TPSA) is 26.1 Å². The standard InChI is InChI=1S/C80H62B2N4O/c1-47-25-31-59(32-26-47)83-67-35-29-49(3)37-63(67)81-65-45-75-61(43-69(65)85(79-51(5)17-15-18-52(79)6)73-41-57(39-71(83)77(73)81)55-21-11-9-12-22-55)62-44-70-66(46-76(62)87-75)82-64-38-50(4)30-36-68(64)84(60-33-27-48(2)28-34-60)72-40-58(56-23-13-10-14-24-56)42-74(78(72)82)86(70)80-53(7)19-16-20-54(80)8/h9-46H,1-8H3. The third kappa shape index (κ3) is 7.68. The molecule has 12 aromatic carbocycles. The number of aryl methyl sites for hydroxylation is 8. The van der Waals surface area contributed by atoms with Gasteiger partial charge in [0.05, 0.1) is 11.4 Å². The molecule has 0 radical (unpaired) electrons. The minimum Gasteiger partial charge on any atom is -0.456 e. The van der Waals surface area contributed by atoms with E-state index in [0.29, 0.717) is 0 Å². The summed E-state index contributed by atoms with van der Waals surface area (Å²) in [5, 5.41) is 2.17. The van der Waals surface area contributed by atoms with Crippen LogP contribution in [0.5, 0.6) is 0 Å². The zero-order valence-corrected chi connectivity index (χ0v) is 50.3. The molecule has 0 saturated heterocycles. The highest BCUT2D eigenvalue weighted by Gasteiger charge is 2.47. The maximum absolute atomic E-state index is 7.54. The van der Waals surface area contributed by atoms with Crippen LogP contribution in [0.4, 0.5) is 68.2 Å². The van der Waals surface area contributed by atoms with Gasteiger partial charge in [-0.3, -0.25) is 0 Å². The first-order valence-electron chi connectivity index (χ1n) is 30.6. The molecule has 1 aromatic heterocycles. The quantitative estimate of drug-likeness (QED) is 0.155. The highest BCUT2D eigenvalue weighted by molar-refractivity contribution is 7.01. The molecule has 4 aliphatic rings. The minimum absolute atomic E-state index is 0.109. The Kier molecular flexibility index (Phi) is 11.3. The average molecular weight is 1120 g/mol. The number of hydrogen-bond acceptors (Lipinski definition) is 5. The second kappa shape index (κ2) is 19.1. The van der Waals surface area contributed by atoms with Crippen LogP contribution in [-0.2, 0) is 0 Å². The second-order valence-corrected chi connectivity index (χ2v) is 25.0. The molecule has 7 heteroatoms. The molecule has 5 heterocycles. The van der Waals surface area contributed by atoms with Gasteiger partial charge in [-0.05, 0) is 218 Å². The maximum Gasteiger partial charge on any atom is 0.252 e. The normalized spacial score (nSPS) is 13.4. The Bertz CT molecular complexity index is 4690. The summed E-state index contributed by atoms with van der Waals surface area (Å²) in [6, 6.07) is 87.3. The lowest BCUT2D eigenvalue weighted by Crippen LogP contribution is -2.61. The van der Waals surface area contributed by atoms with Crippen molar-refractivity contribution in [2.75, 3.05) is 19.6 Å². The third-order valence-electron chi connectivity index (χ3n) is 19.3. The van der Waals surface area contributed by atoms with Crippen molar-refractivity contribution < 1.29 is 4.42 Å². The Morgan fingerprint density at radius 1 is 0.264 bits per heavy atom. The Morgan fingerprint density at radius 3 is 0.989 bits per heavy atom. The Balaban J connectivity index is 0.977. The summed E-state index contributed by atoms with van der Waals surface area (Å²) in [4.78, 5) is 10.3. The Hall–Kier alpha value is -10.2. The van der Waals surface area contributed by atoms with Gasteiger partial charge in [-0.1, -0.05) is 168 Å². The van der Waals surface area contributed by atoms with E-state index in [2.05, 4.69) is 306 Å². The van der Waals surface area contributed by atoms with Gasteiger partial charge in [0.1, 0.15) is 11.2 Å². The number of benzene rings is 12. The molecular formula is C80H62B2N4O. The van der Waals surface area contributed by atoms with E-state index in [1.165, 1.54) is 145 Å². The zero-order valence-electron chi connectivity index (χ0n) is 50.3. The van der Waals surface area contributed by atoms with E-state index in [1.54, 1.807) is 0 Å². The van der Waals surface area contributed by atoms with E-state index in [-0.39, 0.29) is 13.4 Å². The van der Waals surface area contributed by atoms with Crippen molar-refractivity contribution in [3.8, 4) is 22.3 Å². The van der Waals surface area contributed by atoms with Gasteiger partial charge in [-0.2, -0.15) is 0 Å². The van der Waals surface area contributed by atoms with Crippen LogP contribution in [0.3, 0.4) is 0 Å². The largest absolute Gasteiger partial charge is 0.456 e. The van der Waals surface area contributed by atoms with E-state index in [9.17, 15) is 0 Å². The summed E-state index contributed by atoms with van der Waals surface area (Å²) < 4.78 is 7.54. The predicted octanol–water partition coefficient (Wildman–Crippen LogP) is 17.6. The third-order valence-corrected chi connectivity index (χ3v) is 19.3. The molecule has 414 valence electrons. The molecule has 5 nitrogen and oxygen atoms in total. The van der Waals surface area contributed by atoms with Gasteiger partial charge in [-0.15, -0.1) is 0 Å². The van der Waals surface area contributed by atoms with Gasteiger partial charge in [0.2, 0.25) is 0 Å². The summed E-state index contributed by atoms with van der Waals surface area (Å²) in [5.41, 5.74) is 37.9. The van der Waals surface area contributed by atoms with Gasteiger partial charge < -0.3 is 24.0 Å². The Morgan fingerprint density at radius 2 is 0.609 bits per heavy atom. The van der Waals surface area contributed by atoms with E-state index >= 15 is 0 Å². The molecule has 4 aliphatic heterocycles. The van der Waals surface area contributed by atoms with Crippen LogP contribution < -0.4 is 52.4 Å². The molecule has 87 heavy (non-hydrogen) atoms. The summed E-state index contributed by atoms with van der Waals surface area (Å²) in [6.07, 6.45) is 0. The first-order valence-corrected chi connectivity index (χ1v) is 30.6. The van der Waals surface area contributed by atoms with Crippen molar-refractivity contribution in [3.63, 3.8) is 0 Å². The van der Waals surface area contributed by atoms with E-state index in [0.717, 1.165) is 44.7 Å². The molecule has 0 aliphatic carbocycles. The number of hydrogen-bond donors (Lipinski definition) is 0. The SMILES string of the molecule is Cc1ccc(N2c3ccc(C)cc3B3c4cc5oc6cc7c(cc6c5cc4N(c4c(C)cccc4C)c4cc(-c5ccccc5)cc2c43)N(c2c(C)cccc2C)c2cc(-c3ccccc3)cc3c2B7c2cc(C)ccc2N3c2ccc(C)cc2)cc1. The average Bonchev–Trinajstić information content (AvgIpc) is 1.46. The molecule has 0 unspecified atom stereocenters. The smallest absolute Gasteiger partial charge is 0.252 e. The number of para-hydroxylation sites is 2. The fourth-order valence-corrected chi connectivity index (χ4v) is 15.3. The van der Waals surface area contributed by atoms with E-state index < -0.39 is 0 Å². The highest BCUT2D eigenvalue weighted by atomic mass is 16.3. The molecule has 13 aromatic rings. The van der Waals surface area contributed by atoms with Gasteiger partial charge in [0, 0.05) is 67.6 Å². The molecule has 17 rings (SSSR count). The number of nitrogens with zero attached hydrogens (tertiary/aromatic N) is 4. The lowest BCUT2D eigenvalue weighted by atomic mass is 9.33. The van der Waals surface area contributed by atoms with Gasteiger partial charge in [0.25, 0.3) is 13.4 Å². The second-order valence-electron chi connectivity index (χ2n) is 25.0. The number of rotatable bonds is 6. The summed E-state index contributed by atoms with van der Waals surface area (Å²) in [7, 11) is 0. The van der Waals surface area contributed by atoms with E-state index in [4.69, 9.17) is 4.42 Å². The fraction of sp³-hybridized carbons (Fsp3) is 0.100. The lowest BCUT2D eigenvalue weighted by molar-refractivity contribution is 0.669. The van der Waals surface area contributed by atoms with Crippen molar-refractivity contribution in [2.24, 2.45) is 0 Å². The summed E-state index contributed by atoms with van der Waals surface area (Å²) in [6.45, 7) is 17.7. The molecule has 0 amide bonds. The molecule has 0 spiro atoms. The first-order chi connectivity index (χ1) is 42.4. The molecule has 0 bridgehead atoms. The van der Waals surface area contributed by atoms with Crippen molar-refractivity contribution in [3.05, 3.63) is 275 Å². The van der Waals surface area contributed by atoms with Crippen molar-refractivity contribution in [2.45, 2.75) is 55.4 Å². The highest BCUT2D eigenvalue weighted by Crippen LogP contribution is 2.52. The van der Waals surface area contributed by atoms with Gasteiger partial charge in [0.15, 0.2) is 0 Å². The number of fused-ring (bicyclic) bond motifs is 11. The minimum atomic E-state index is -0.109. The molecule has 0 N–H and O–H groups in total. The maximum atomic E-state index is 7.54. The Labute approximate surface area is 510 Å². The van der Waals surface area contributed by atoms with Crippen LogP contribution in [0.2, 0.25) is 0 Å². The molecular weight excluding hydrogens is 1050 g/mol. The van der Waals surface area contributed by atoms with Crippen LogP contribution in [0.25, 0.3) is 44.2 Å². The molecule has 0 atom stereocenters. The van der Waals surface area contributed by atoms with Crippen LogP contribution in [0, 0.1) is 55.4 Å². The van der Waals surface area contributed by atoms with Crippen LogP contribution in [-0.4, -0.2) is 13.4 Å². The number of anilines is 12. The van der Waals surface area contributed by atoms with Crippen molar-refractivity contribution in [1.82, 2.24) is 0 Å². The van der Waals surface area contributed by atoms with E-state index in [1.807, 2.05) is 0 Å². The van der Waals surface area contributed by atoms with Crippen molar-refractivity contribution >= 4 is 136 Å². The molecule has 0 fully saturated rings. The summed E-state index contributed by atoms with van der Waals surface area (Å²) in [5.74, 6) is 0. The van der Waals surface area contributed by atoms with Gasteiger partial charge in [-0.25, -0.2) is 0 Å². The van der Waals surface area contributed by atoms with Crippen LogP contribution >= 0.6 is 0 Å². The monoisotopic (exact) mass is 1120 g/mol. The number of furan rings is 1. The van der Waals surface area contributed by atoms with Crippen LogP contribution in [0.15, 0.2) is 235 Å². The fourth-order valence-electron chi connectivity index (χ4n) is 15.3.